The van der Waals surface area contributed by atoms with E-state index in [1.165, 1.54) is 0 Å². The van der Waals surface area contributed by atoms with Crippen LogP contribution in [0.3, 0.4) is 0 Å². The van der Waals surface area contributed by atoms with Crippen LogP contribution in [0.2, 0.25) is 0 Å². The van der Waals surface area contributed by atoms with E-state index in [9.17, 15) is 0 Å². The molecule has 104 valence electrons. The summed E-state index contributed by atoms with van der Waals surface area (Å²) in [5.74, 6) is 0.572. The van der Waals surface area contributed by atoms with E-state index in [-0.39, 0.29) is 6.61 Å². The smallest absolute Gasteiger partial charge is 0.142 e. The molecular weight excluding hydrogens is 232 g/mol. The predicted octanol–water partition coefficient (Wildman–Crippen LogP) is 1.14. The van der Waals surface area contributed by atoms with E-state index in [1.807, 2.05) is 13.8 Å². The lowest BCUT2D eigenvalue weighted by Gasteiger charge is -2.10. The first-order valence-electron chi connectivity index (χ1n) is 6.17. The lowest BCUT2D eigenvalue weighted by molar-refractivity contribution is 0.106. The molecule has 0 aliphatic rings. The Labute approximate surface area is 109 Å². The van der Waals surface area contributed by atoms with E-state index < -0.39 is 0 Å². The highest BCUT2D eigenvalue weighted by Gasteiger charge is 2.01. The van der Waals surface area contributed by atoms with Crippen molar-refractivity contribution in [3.8, 4) is 5.75 Å². The second-order valence-corrected chi connectivity index (χ2v) is 3.28. The van der Waals surface area contributed by atoms with Gasteiger partial charge in [0.1, 0.15) is 12.4 Å². The van der Waals surface area contributed by atoms with Crippen LogP contribution in [0.15, 0.2) is 18.2 Å². The molecule has 0 radical (unpaired) electrons. The van der Waals surface area contributed by atoms with E-state index in [2.05, 4.69) is 0 Å². The van der Waals surface area contributed by atoms with Crippen molar-refractivity contribution in [1.82, 2.24) is 0 Å². The zero-order valence-corrected chi connectivity index (χ0v) is 11.2. The highest BCUT2D eigenvalue weighted by molar-refractivity contribution is 5.53. The lowest BCUT2D eigenvalue weighted by Crippen LogP contribution is -2.13. The van der Waals surface area contributed by atoms with Crippen LogP contribution in [-0.2, 0) is 11.3 Å². The van der Waals surface area contributed by atoms with Gasteiger partial charge in [-0.05, 0) is 17.7 Å². The van der Waals surface area contributed by atoms with Gasteiger partial charge in [-0.3, -0.25) is 0 Å². The summed E-state index contributed by atoms with van der Waals surface area (Å²) >= 11 is 0. The molecule has 0 amide bonds. The van der Waals surface area contributed by atoms with E-state index in [4.69, 9.17) is 26.0 Å². The molecule has 0 aromatic heterocycles. The maximum absolute atomic E-state index is 8.96. The molecule has 1 aromatic rings. The maximum atomic E-state index is 8.96. The molecule has 0 aliphatic carbocycles. The molecule has 0 saturated carbocycles. The van der Waals surface area contributed by atoms with Crippen molar-refractivity contribution in [2.24, 2.45) is 5.73 Å². The van der Waals surface area contributed by atoms with Crippen LogP contribution in [0.25, 0.3) is 0 Å². The number of aliphatic hydroxyl groups is 1. The van der Waals surface area contributed by atoms with Gasteiger partial charge in [0.05, 0.1) is 25.5 Å². The van der Waals surface area contributed by atoms with E-state index >= 15 is 0 Å². The third-order valence-electron chi connectivity index (χ3n) is 2.01. The average Bonchev–Trinajstić information content (AvgIpc) is 2.43. The molecule has 1 aromatic carbocycles. The topological polar surface area (TPSA) is 90.7 Å². The molecule has 0 atom stereocenters. The maximum Gasteiger partial charge on any atom is 0.142 e. The fourth-order valence-electron chi connectivity index (χ4n) is 1.20. The van der Waals surface area contributed by atoms with Crippen LogP contribution in [0, 0.1) is 0 Å². The Morgan fingerprint density at radius 1 is 1.17 bits per heavy atom. The number of rotatable bonds is 7. The van der Waals surface area contributed by atoms with Crippen LogP contribution in [0.5, 0.6) is 5.75 Å². The fraction of sp³-hybridized carbons (Fsp3) is 0.538. The van der Waals surface area contributed by atoms with Crippen molar-refractivity contribution < 1.29 is 14.6 Å². The summed E-state index contributed by atoms with van der Waals surface area (Å²) in [6.07, 6.45) is 0. The predicted molar refractivity (Wildman–Crippen MR) is 73.5 cm³/mol. The monoisotopic (exact) mass is 256 g/mol. The van der Waals surface area contributed by atoms with Gasteiger partial charge in [0.15, 0.2) is 0 Å². The van der Waals surface area contributed by atoms with Gasteiger partial charge in [-0.25, -0.2) is 0 Å². The van der Waals surface area contributed by atoms with E-state index in [0.717, 1.165) is 5.56 Å². The molecule has 5 heteroatoms. The molecule has 5 N–H and O–H groups in total. The summed E-state index contributed by atoms with van der Waals surface area (Å²) in [7, 11) is 0. The molecule has 0 heterocycles. The Hall–Kier alpha value is -1.30. The molecule has 0 aliphatic heterocycles. The van der Waals surface area contributed by atoms with Crippen molar-refractivity contribution in [2.75, 3.05) is 32.1 Å². The van der Waals surface area contributed by atoms with Crippen molar-refractivity contribution in [2.45, 2.75) is 20.5 Å². The number of ether oxygens (including phenoxy) is 2. The lowest BCUT2D eigenvalue weighted by atomic mass is 10.2. The zero-order valence-electron chi connectivity index (χ0n) is 11.2. The normalized spacial score (nSPS) is 9.56. The third-order valence-corrected chi connectivity index (χ3v) is 2.01. The van der Waals surface area contributed by atoms with Crippen molar-refractivity contribution in [1.29, 1.82) is 0 Å². The van der Waals surface area contributed by atoms with Gasteiger partial charge in [0.2, 0.25) is 0 Å². The molecular formula is C13H24N2O3. The first-order valence-corrected chi connectivity index (χ1v) is 6.17. The quantitative estimate of drug-likeness (QED) is 0.503. The van der Waals surface area contributed by atoms with Gasteiger partial charge in [0.25, 0.3) is 0 Å². The summed E-state index contributed by atoms with van der Waals surface area (Å²) in [5, 5.41) is 8.96. The Bertz CT molecular complexity index is 319. The summed E-state index contributed by atoms with van der Waals surface area (Å²) in [5.41, 5.74) is 12.3. The van der Waals surface area contributed by atoms with Gasteiger partial charge in [-0.2, -0.15) is 0 Å². The molecule has 1 rings (SSSR count). The molecule has 18 heavy (non-hydrogen) atoms. The van der Waals surface area contributed by atoms with Gasteiger partial charge < -0.3 is 26.0 Å². The molecule has 0 fully saturated rings. The number of benzene rings is 1. The largest absolute Gasteiger partial charge is 0.489 e. The van der Waals surface area contributed by atoms with Gasteiger partial charge >= 0.3 is 0 Å². The highest BCUT2D eigenvalue weighted by atomic mass is 16.5. The minimum atomic E-state index is -0.0275. The highest BCUT2D eigenvalue weighted by Crippen LogP contribution is 2.22. The number of anilines is 1. The zero-order chi connectivity index (χ0) is 13.8. The molecule has 0 unspecified atom stereocenters. The first kappa shape index (κ1) is 16.7. The van der Waals surface area contributed by atoms with Crippen molar-refractivity contribution in [3.05, 3.63) is 23.8 Å². The summed E-state index contributed by atoms with van der Waals surface area (Å²) < 4.78 is 10.6. The van der Waals surface area contributed by atoms with Gasteiger partial charge in [-0.15, -0.1) is 0 Å². The minimum Gasteiger partial charge on any atom is -0.489 e. The van der Waals surface area contributed by atoms with E-state index in [0.29, 0.717) is 37.8 Å². The van der Waals surface area contributed by atoms with Crippen LogP contribution >= 0.6 is 0 Å². The summed E-state index contributed by atoms with van der Waals surface area (Å²) in [4.78, 5) is 0. The van der Waals surface area contributed by atoms with Crippen LogP contribution in [0.4, 0.5) is 5.69 Å². The molecule has 0 saturated heterocycles. The Morgan fingerprint density at radius 2 is 1.89 bits per heavy atom. The molecule has 0 spiro atoms. The van der Waals surface area contributed by atoms with Crippen LogP contribution in [-0.4, -0.2) is 31.5 Å². The van der Waals surface area contributed by atoms with Crippen LogP contribution in [0.1, 0.15) is 19.4 Å². The minimum absolute atomic E-state index is 0.0275. The number of hydrogen-bond acceptors (Lipinski definition) is 5. The fourth-order valence-corrected chi connectivity index (χ4v) is 1.20. The summed E-state index contributed by atoms with van der Waals surface area (Å²) in [6, 6.07) is 5.19. The van der Waals surface area contributed by atoms with Crippen molar-refractivity contribution in [3.63, 3.8) is 0 Å². The van der Waals surface area contributed by atoms with E-state index in [1.54, 1.807) is 18.2 Å². The number of nitrogen functional groups attached to an aromatic ring is 1. The standard InChI is InChI=1S/C11H18N2O3.C2H6/c12-3-4-15-5-6-16-11-7-9(8-14)1-2-10(11)13;1-2/h1-2,7,14H,3-6,8,12-13H2;1-2H3. The summed E-state index contributed by atoms with van der Waals surface area (Å²) in [6.45, 7) is 5.89. The van der Waals surface area contributed by atoms with Gasteiger partial charge in [0, 0.05) is 6.54 Å². The third kappa shape index (κ3) is 6.44. The Morgan fingerprint density at radius 3 is 2.50 bits per heavy atom. The average molecular weight is 256 g/mol. The first-order chi connectivity index (χ1) is 8.77. The van der Waals surface area contributed by atoms with Crippen molar-refractivity contribution >= 4 is 5.69 Å². The van der Waals surface area contributed by atoms with Gasteiger partial charge in [-0.1, -0.05) is 19.9 Å². The second kappa shape index (κ2) is 10.8. The second-order valence-electron chi connectivity index (χ2n) is 3.28. The number of aliphatic hydroxyl groups excluding tert-OH is 1. The molecule has 5 nitrogen and oxygen atoms in total. The Balaban J connectivity index is 0.00000137. The molecule has 0 bridgehead atoms. The van der Waals surface area contributed by atoms with Crippen LogP contribution < -0.4 is 16.2 Å². The number of nitrogens with two attached hydrogens (primary N) is 2. The Kier molecular flexibility index (Phi) is 10.0. The number of hydrogen-bond donors (Lipinski definition) is 3. The SMILES string of the molecule is CC.NCCOCCOc1cc(CO)ccc1N.